The minimum atomic E-state index is 0.194. The van der Waals surface area contributed by atoms with Crippen LogP contribution in [0.15, 0.2) is 24.3 Å². The highest BCUT2D eigenvalue weighted by atomic mass is 16.5. The van der Waals surface area contributed by atoms with E-state index in [1.54, 1.807) is 7.11 Å². The van der Waals surface area contributed by atoms with Crippen molar-refractivity contribution in [3.05, 3.63) is 29.8 Å². The lowest BCUT2D eigenvalue weighted by atomic mass is 9.86. The zero-order valence-corrected chi connectivity index (χ0v) is 17.3. The zero-order valence-electron chi connectivity index (χ0n) is 17.3. The average Bonchev–Trinajstić information content (AvgIpc) is 2.73. The number of ether oxygens (including phenoxy) is 1. The van der Waals surface area contributed by atoms with E-state index in [0.717, 1.165) is 69.8 Å². The Morgan fingerprint density at radius 3 is 2.71 bits per heavy atom. The number of carbonyl (C=O) groups is 1. The monoisotopic (exact) mass is 389 g/mol. The Morgan fingerprint density at radius 2 is 2.00 bits per heavy atom. The van der Waals surface area contributed by atoms with Crippen molar-refractivity contribution in [1.29, 1.82) is 0 Å². The number of methoxy groups -OCH3 is 1. The van der Waals surface area contributed by atoms with Crippen LogP contribution in [0.25, 0.3) is 0 Å². The van der Waals surface area contributed by atoms with Gasteiger partial charge in [0.1, 0.15) is 5.75 Å². The molecule has 2 saturated heterocycles. The first kappa shape index (κ1) is 21.1. The van der Waals surface area contributed by atoms with Gasteiger partial charge in [0.2, 0.25) is 5.91 Å². The lowest BCUT2D eigenvalue weighted by molar-refractivity contribution is -0.133. The molecule has 0 aliphatic carbocycles. The number of benzene rings is 1. The molecule has 0 spiro atoms. The van der Waals surface area contributed by atoms with Crippen LogP contribution in [0, 0.1) is 5.92 Å². The number of hydrogen-bond acceptors (Lipinski definition) is 5. The summed E-state index contributed by atoms with van der Waals surface area (Å²) in [6.45, 7) is 6.30. The van der Waals surface area contributed by atoms with Crippen LogP contribution in [0.2, 0.25) is 0 Å². The average molecular weight is 390 g/mol. The first-order valence-electron chi connectivity index (χ1n) is 10.5. The Labute approximate surface area is 169 Å². The molecule has 2 aliphatic heterocycles. The molecule has 1 N–H and O–H groups in total. The van der Waals surface area contributed by atoms with Gasteiger partial charge < -0.3 is 19.6 Å². The predicted octanol–water partition coefficient (Wildman–Crippen LogP) is 1.47. The second kappa shape index (κ2) is 10.2. The van der Waals surface area contributed by atoms with Crippen molar-refractivity contribution in [3.63, 3.8) is 0 Å². The number of likely N-dealkylation sites (tertiary alicyclic amines) is 1. The van der Waals surface area contributed by atoms with Crippen molar-refractivity contribution >= 4 is 5.91 Å². The molecule has 2 aliphatic rings. The zero-order chi connectivity index (χ0) is 19.9. The number of carbonyl (C=O) groups excluding carboxylic acids is 1. The highest BCUT2D eigenvalue weighted by Gasteiger charge is 2.35. The first-order chi connectivity index (χ1) is 13.6. The van der Waals surface area contributed by atoms with Gasteiger partial charge in [-0.2, -0.15) is 0 Å². The summed E-state index contributed by atoms with van der Waals surface area (Å²) in [4.78, 5) is 20.0. The third kappa shape index (κ3) is 5.46. The second-order valence-corrected chi connectivity index (χ2v) is 8.19. The molecule has 0 saturated carbocycles. The Kier molecular flexibility index (Phi) is 7.71. The molecular weight excluding hydrogens is 354 g/mol. The Hall–Kier alpha value is -1.63. The normalized spacial score (nSPS) is 24.3. The molecule has 28 heavy (non-hydrogen) atoms. The van der Waals surface area contributed by atoms with E-state index in [-0.39, 0.29) is 12.5 Å². The maximum atomic E-state index is 12.9. The number of hydrogen-bond donors (Lipinski definition) is 1. The molecule has 2 fully saturated rings. The van der Waals surface area contributed by atoms with E-state index >= 15 is 0 Å². The first-order valence-corrected chi connectivity index (χ1v) is 10.5. The van der Waals surface area contributed by atoms with Crippen LogP contribution in [0.5, 0.6) is 5.75 Å². The molecule has 0 bridgehead atoms. The quantitative estimate of drug-likeness (QED) is 0.766. The summed E-state index contributed by atoms with van der Waals surface area (Å²) in [6.07, 6.45) is 3.25. The molecule has 2 atom stereocenters. The van der Waals surface area contributed by atoms with Crippen LogP contribution in [0.3, 0.4) is 0 Å². The fourth-order valence-corrected chi connectivity index (χ4v) is 4.59. The lowest BCUT2D eigenvalue weighted by Crippen LogP contribution is -2.57. The van der Waals surface area contributed by atoms with Gasteiger partial charge >= 0.3 is 0 Å². The van der Waals surface area contributed by atoms with Gasteiger partial charge in [0, 0.05) is 51.9 Å². The third-order valence-electron chi connectivity index (χ3n) is 6.28. The van der Waals surface area contributed by atoms with Crippen molar-refractivity contribution in [1.82, 2.24) is 14.7 Å². The topological polar surface area (TPSA) is 56.2 Å². The molecule has 0 radical (unpaired) electrons. The minimum Gasteiger partial charge on any atom is -0.497 e. The van der Waals surface area contributed by atoms with Gasteiger partial charge in [-0.15, -0.1) is 0 Å². The summed E-state index contributed by atoms with van der Waals surface area (Å²) in [5.41, 5.74) is 0.998. The Bertz CT molecular complexity index is 631. The number of aliphatic hydroxyl groups is 1. The number of aliphatic hydroxyl groups excluding tert-OH is 1. The Balaban J connectivity index is 1.61. The van der Waals surface area contributed by atoms with E-state index in [4.69, 9.17) is 4.74 Å². The number of piperazine rings is 1. The lowest BCUT2D eigenvalue weighted by Gasteiger charge is -2.46. The third-order valence-corrected chi connectivity index (χ3v) is 6.28. The van der Waals surface area contributed by atoms with E-state index in [1.165, 1.54) is 0 Å². The fraction of sp³-hybridized carbons (Fsp3) is 0.682. The van der Waals surface area contributed by atoms with Crippen LogP contribution >= 0.6 is 0 Å². The molecule has 1 amide bonds. The van der Waals surface area contributed by atoms with E-state index < -0.39 is 0 Å². The van der Waals surface area contributed by atoms with Crippen molar-refractivity contribution in [3.8, 4) is 5.75 Å². The number of likely N-dealkylation sites (N-methyl/N-ethyl adjacent to an activating group) is 1. The van der Waals surface area contributed by atoms with Gasteiger partial charge in [-0.05, 0) is 49.9 Å². The molecule has 156 valence electrons. The molecule has 3 rings (SSSR count). The van der Waals surface area contributed by atoms with Crippen LogP contribution in [0.4, 0.5) is 0 Å². The van der Waals surface area contributed by atoms with Gasteiger partial charge in [0.15, 0.2) is 0 Å². The molecule has 0 unspecified atom stereocenters. The molecule has 2 heterocycles. The van der Waals surface area contributed by atoms with Crippen LogP contribution < -0.4 is 4.74 Å². The SMILES string of the molecule is COc1cccc(CC(=O)N2CC[C@H](N3CCN(C)CC3)[C@H](CCCO)C2)c1. The van der Waals surface area contributed by atoms with E-state index in [2.05, 4.69) is 16.8 Å². The van der Waals surface area contributed by atoms with Gasteiger partial charge in [-0.25, -0.2) is 0 Å². The number of nitrogens with zero attached hydrogens (tertiary/aromatic N) is 3. The van der Waals surface area contributed by atoms with E-state index in [1.807, 2.05) is 29.2 Å². The molecule has 1 aromatic rings. The largest absolute Gasteiger partial charge is 0.497 e. The van der Waals surface area contributed by atoms with Crippen molar-refractivity contribution in [2.24, 2.45) is 5.92 Å². The Morgan fingerprint density at radius 1 is 1.21 bits per heavy atom. The summed E-state index contributed by atoms with van der Waals surface area (Å²) >= 11 is 0. The molecule has 1 aromatic carbocycles. The van der Waals surface area contributed by atoms with Crippen molar-refractivity contribution in [2.75, 3.05) is 60.0 Å². The highest BCUT2D eigenvalue weighted by molar-refractivity contribution is 5.79. The van der Waals surface area contributed by atoms with E-state index in [0.29, 0.717) is 18.4 Å². The number of rotatable bonds is 7. The number of piperidine rings is 1. The maximum absolute atomic E-state index is 12.9. The van der Waals surface area contributed by atoms with Crippen molar-refractivity contribution < 1.29 is 14.6 Å². The standard InChI is InChI=1S/C22H35N3O3/c1-23-10-12-24(13-11-23)21-8-9-25(17-19(21)6-4-14-26)22(27)16-18-5-3-7-20(15-18)28-2/h3,5,7,15,19,21,26H,4,6,8-14,16-17H2,1-2H3/t19-,21+/m1/s1. The number of amides is 1. The van der Waals surface area contributed by atoms with Crippen LogP contribution in [0.1, 0.15) is 24.8 Å². The summed E-state index contributed by atoms with van der Waals surface area (Å²) in [5, 5.41) is 9.33. The second-order valence-electron chi connectivity index (χ2n) is 8.19. The maximum Gasteiger partial charge on any atom is 0.227 e. The van der Waals surface area contributed by atoms with Gasteiger partial charge in [-0.1, -0.05) is 12.1 Å². The van der Waals surface area contributed by atoms with Gasteiger partial charge in [-0.3, -0.25) is 9.69 Å². The summed E-state index contributed by atoms with van der Waals surface area (Å²) in [7, 11) is 3.83. The molecule has 6 nitrogen and oxygen atoms in total. The van der Waals surface area contributed by atoms with Gasteiger partial charge in [0.25, 0.3) is 0 Å². The van der Waals surface area contributed by atoms with Gasteiger partial charge in [0.05, 0.1) is 13.5 Å². The highest BCUT2D eigenvalue weighted by Crippen LogP contribution is 2.27. The predicted molar refractivity (Wildman–Crippen MR) is 111 cm³/mol. The van der Waals surface area contributed by atoms with E-state index in [9.17, 15) is 9.90 Å². The summed E-state index contributed by atoms with van der Waals surface area (Å²) in [5.74, 6) is 1.43. The van der Waals surface area contributed by atoms with Crippen LogP contribution in [-0.4, -0.2) is 91.8 Å². The molecule has 6 heteroatoms. The summed E-state index contributed by atoms with van der Waals surface area (Å²) < 4.78 is 5.27. The van der Waals surface area contributed by atoms with Crippen LogP contribution in [-0.2, 0) is 11.2 Å². The molecule has 0 aromatic heterocycles. The molecular formula is C22H35N3O3. The smallest absolute Gasteiger partial charge is 0.227 e. The fourth-order valence-electron chi connectivity index (χ4n) is 4.59. The van der Waals surface area contributed by atoms with Crippen molar-refractivity contribution in [2.45, 2.75) is 31.7 Å². The summed E-state index contributed by atoms with van der Waals surface area (Å²) in [6, 6.07) is 8.30. The minimum absolute atomic E-state index is 0.194.